The number of nitrogens with one attached hydrogen (secondary N) is 4. The molecule has 4 aromatic heterocycles. The normalized spacial score (nSPS) is 24.1. The van der Waals surface area contributed by atoms with Crippen LogP contribution in [0.5, 0.6) is 0 Å². The number of hydrogen-bond acceptors (Lipinski definition) is 7. The number of hydrogen-bond donors (Lipinski definition) is 4. The fraction of sp³-hybridized carbons (Fsp3) is 0.407. The number of aromatic amines is 1. The summed E-state index contributed by atoms with van der Waals surface area (Å²) in [5.41, 5.74) is 11.4. The summed E-state index contributed by atoms with van der Waals surface area (Å²) in [6, 6.07) is 8.79. The van der Waals surface area contributed by atoms with Crippen molar-refractivity contribution < 1.29 is 4.79 Å². The zero-order valence-corrected chi connectivity index (χ0v) is 21.5. The molecule has 1 aliphatic heterocycles. The van der Waals surface area contributed by atoms with E-state index in [1.165, 1.54) is 10.4 Å². The minimum absolute atomic E-state index is 0.00479. The molecule has 1 saturated carbocycles. The molecule has 1 saturated heterocycles. The molecule has 5 heterocycles. The summed E-state index contributed by atoms with van der Waals surface area (Å²) in [6.45, 7) is 5.74. The van der Waals surface area contributed by atoms with Gasteiger partial charge in [-0.05, 0) is 60.2 Å². The summed E-state index contributed by atoms with van der Waals surface area (Å²) < 4.78 is 0. The van der Waals surface area contributed by atoms with Crippen LogP contribution in [0.2, 0.25) is 0 Å². The minimum atomic E-state index is -0.451. The van der Waals surface area contributed by atoms with Gasteiger partial charge in [0.25, 0.3) is 0 Å². The average molecular weight is 502 g/mol. The van der Waals surface area contributed by atoms with Crippen LogP contribution in [-0.4, -0.2) is 31.9 Å². The van der Waals surface area contributed by atoms with Gasteiger partial charge in [-0.1, -0.05) is 26.8 Å². The smallest absolute Gasteiger partial charge is 0.229 e. The standard InChI is InChI=1S/C27H31N7OS/c1-27(2,3)26(35)30-17-11-16(13-28-14-17)15-6-7-20-19(12-15)23(34-33-20)25-31-22-18(21-5-4-10-36-21)8-9-29-24(22)32-25/h4-5,8-11,13-15,19-20,23,33-34H,6-7,12H2,1-3H3,(H,30,35)(H,29,31,32). The number of anilines is 1. The molecule has 0 radical (unpaired) electrons. The Bertz CT molecular complexity index is 1390. The van der Waals surface area contributed by atoms with Crippen LogP contribution in [0.15, 0.2) is 48.2 Å². The van der Waals surface area contributed by atoms with Crippen molar-refractivity contribution >= 4 is 34.1 Å². The Morgan fingerprint density at radius 3 is 2.86 bits per heavy atom. The number of carbonyl (C=O) groups is 1. The van der Waals surface area contributed by atoms with Crippen LogP contribution in [0.1, 0.15) is 63.4 Å². The van der Waals surface area contributed by atoms with Gasteiger partial charge in [0.05, 0.1) is 23.4 Å². The molecule has 1 amide bonds. The van der Waals surface area contributed by atoms with Gasteiger partial charge in [0, 0.05) is 34.3 Å². The second-order valence-corrected chi connectivity index (χ2v) is 11.9. The van der Waals surface area contributed by atoms with E-state index >= 15 is 0 Å². The average Bonchev–Trinajstić information content (AvgIpc) is 3.62. The van der Waals surface area contributed by atoms with Gasteiger partial charge in [0.2, 0.25) is 5.91 Å². The van der Waals surface area contributed by atoms with Crippen LogP contribution < -0.4 is 16.2 Å². The van der Waals surface area contributed by atoms with Crippen molar-refractivity contribution in [2.75, 3.05) is 5.32 Å². The Hall–Kier alpha value is -3.14. The first-order chi connectivity index (χ1) is 17.4. The SMILES string of the molecule is CC(C)(C)C(=O)Nc1cncc(C2CCC3NNC(c4nc5nccc(-c6cccs6)c5[nH]4)C3C2)c1. The molecule has 0 aromatic carbocycles. The van der Waals surface area contributed by atoms with Crippen molar-refractivity contribution in [2.24, 2.45) is 11.3 Å². The molecule has 4 N–H and O–H groups in total. The van der Waals surface area contributed by atoms with E-state index in [2.05, 4.69) is 54.7 Å². The molecular weight excluding hydrogens is 470 g/mol. The predicted octanol–water partition coefficient (Wildman–Crippen LogP) is 5.17. The van der Waals surface area contributed by atoms with Crippen LogP contribution in [0.4, 0.5) is 5.69 Å². The summed E-state index contributed by atoms with van der Waals surface area (Å²) in [7, 11) is 0. The minimum Gasteiger partial charge on any atom is -0.339 e. The summed E-state index contributed by atoms with van der Waals surface area (Å²) in [4.78, 5) is 31.2. The summed E-state index contributed by atoms with van der Waals surface area (Å²) in [5.74, 6) is 1.67. The second-order valence-electron chi connectivity index (χ2n) is 10.9. The monoisotopic (exact) mass is 501 g/mol. The number of pyridine rings is 2. The predicted molar refractivity (Wildman–Crippen MR) is 142 cm³/mol. The van der Waals surface area contributed by atoms with E-state index in [0.717, 1.165) is 47.5 Å². The molecule has 0 spiro atoms. The maximum Gasteiger partial charge on any atom is 0.229 e. The lowest BCUT2D eigenvalue weighted by Gasteiger charge is -2.33. The Kier molecular flexibility index (Phi) is 5.86. The zero-order chi connectivity index (χ0) is 24.9. The molecule has 1 aliphatic carbocycles. The second kappa shape index (κ2) is 9.06. The Balaban J connectivity index is 1.24. The fourth-order valence-corrected chi connectivity index (χ4v) is 6.17. The van der Waals surface area contributed by atoms with Gasteiger partial charge in [0.1, 0.15) is 5.82 Å². The van der Waals surface area contributed by atoms with E-state index in [-0.39, 0.29) is 11.9 Å². The topological polar surface area (TPSA) is 108 Å². The van der Waals surface area contributed by atoms with E-state index in [1.54, 1.807) is 17.5 Å². The maximum absolute atomic E-state index is 12.5. The molecule has 186 valence electrons. The van der Waals surface area contributed by atoms with E-state index in [4.69, 9.17) is 4.98 Å². The number of fused-ring (bicyclic) bond motifs is 2. The Morgan fingerprint density at radius 2 is 2.06 bits per heavy atom. The molecule has 9 heteroatoms. The van der Waals surface area contributed by atoms with Crippen LogP contribution in [-0.2, 0) is 4.79 Å². The van der Waals surface area contributed by atoms with Gasteiger partial charge in [-0.3, -0.25) is 15.2 Å². The number of aromatic nitrogens is 4. The van der Waals surface area contributed by atoms with Crippen molar-refractivity contribution in [3.8, 4) is 10.4 Å². The third kappa shape index (κ3) is 4.31. The highest BCUT2D eigenvalue weighted by Gasteiger charge is 2.42. The van der Waals surface area contributed by atoms with Crippen molar-refractivity contribution in [3.05, 3.63) is 59.6 Å². The highest BCUT2D eigenvalue weighted by atomic mass is 32.1. The Labute approximate surface area is 214 Å². The lowest BCUT2D eigenvalue weighted by atomic mass is 9.73. The molecular formula is C27H31N7OS. The molecule has 4 atom stereocenters. The number of H-pyrrole nitrogens is 1. The van der Waals surface area contributed by atoms with Crippen molar-refractivity contribution in [1.29, 1.82) is 0 Å². The molecule has 0 bridgehead atoms. The van der Waals surface area contributed by atoms with Crippen molar-refractivity contribution in [3.63, 3.8) is 0 Å². The number of imidazole rings is 1. The number of amides is 1. The lowest BCUT2D eigenvalue weighted by molar-refractivity contribution is -0.123. The molecule has 4 aromatic rings. The van der Waals surface area contributed by atoms with E-state index in [0.29, 0.717) is 17.9 Å². The number of carbonyl (C=O) groups excluding carboxylic acids is 1. The van der Waals surface area contributed by atoms with E-state index in [9.17, 15) is 4.79 Å². The number of thiophene rings is 1. The van der Waals surface area contributed by atoms with E-state index in [1.807, 2.05) is 39.2 Å². The highest BCUT2D eigenvalue weighted by Crippen LogP contribution is 2.44. The van der Waals surface area contributed by atoms with Gasteiger partial charge < -0.3 is 10.3 Å². The van der Waals surface area contributed by atoms with Gasteiger partial charge in [-0.15, -0.1) is 11.3 Å². The lowest BCUT2D eigenvalue weighted by Crippen LogP contribution is -2.34. The fourth-order valence-electron chi connectivity index (χ4n) is 5.41. The van der Waals surface area contributed by atoms with E-state index < -0.39 is 5.41 Å². The highest BCUT2D eigenvalue weighted by molar-refractivity contribution is 7.13. The molecule has 4 unspecified atom stereocenters. The third-order valence-electron chi connectivity index (χ3n) is 7.41. The van der Waals surface area contributed by atoms with Crippen LogP contribution in [0, 0.1) is 11.3 Å². The van der Waals surface area contributed by atoms with Gasteiger partial charge in [-0.25, -0.2) is 15.4 Å². The summed E-state index contributed by atoms with van der Waals surface area (Å²) in [5, 5.41) is 5.12. The first kappa shape index (κ1) is 23.3. The molecule has 2 aliphatic rings. The molecule has 8 nitrogen and oxygen atoms in total. The number of rotatable bonds is 4. The van der Waals surface area contributed by atoms with Gasteiger partial charge in [0.15, 0.2) is 5.65 Å². The van der Waals surface area contributed by atoms with Crippen LogP contribution in [0.25, 0.3) is 21.6 Å². The third-order valence-corrected chi connectivity index (χ3v) is 8.32. The Morgan fingerprint density at radius 1 is 1.17 bits per heavy atom. The first-order valence-corrected chi connectivity index (χ1v) is 13.4. The maximum atomic E-state index is 12.5. The van der Waals surface area contributed by atoms with Crippen molar-refractivity contribution in [1.82, 2.24) is 30.8 Å². The van der Waals surface area contributed by atoms with Gasteiger partial charge in [-0.2, -0.15) is 0 Å². The summed E-state index contributed by atoms with van der Waals surface area (Å²) in [6.07, 6.45) is 8.66. The largest absolute Gasteiger partial charge is 0.339 e. The van der Waals surface area contributed by atoms with Crippen molar-refractivity contribution in [2.45, 2.75) is 58.0 Å². The first-order valence-electron chi connectivity index (χ1n) is 12.5. The van der Waals surface area contributed by atoms with Crippen LogP contribution >= 0.6 is 11.3 Å². The quantitative estimate of drug-likeness (QED) is 0.307. The molecule has 6 rings (SSSR count). The number of hydrazine groups is 1. The molecule has 2 fully saturated rings. The number of nitrogens with zero attached hydrogens (tertiary/aromatic N) is 3. The van der Waals surface area contributed by atoms with Gasteiger partial charge >= 0.3 is 0 Å². The summed E-state index contributed by atoms with van der Waals surface area (Å²) >= 11 is 1.72. The molecule has 36 heavy (non-hydrogen) atoms. The zero-order valence-electron chi connectivity index (χ0n) is 20.7. The van der Waals surface area contributed by atoms with Crippen LogP contribution in [0.3, 0.4) is 0 Å².